The molecule has 0 saturated heterocycles. The van der Waals surface area contributed by atoms with Crippen LogP contribution in [0.5, 0.6) is 0 Å². The van der Waals surface area contributed by atoms with Crippen molar-refractivity contribution in [3.63, 3.8) is 0 Å². The molecule has 1 atom stereocenters. The van der Waals surface area contributed by atoms with Crippen molar-refractivity contribution in [2.75, 3.05) is 32.8 Å². The number of carbonyl (C=O) groups excluding carboxylic acids is 2. The van der Waals surface area contributed by atoms with Gasteiger partial charge in [0.25, 0.3) is 0 Å². The van der Waals surface area contributed by atoms with Gasteiger partial charge in [-0.25, -0.2) is 4.79 Å². The fraction of sp³-hybridized carbons (Fsp3) is 0.880. The normalized spacial score (nSPS) is 11.9. The molecule has 0 aliphatic carbocycles. The number of hydrogen-bond donors (Lipinski definition) is 1. The summed E-state index contributed by atoms with van der Waals surface area (Å²) in [5, 5.41) is 2.80. The van der Waals surface area contributed by atoms with Crippen LogP contribution in [0.15, 0.2) is 5.76 Å². The Hall–Kier alpha value is -1.32. The molecule has 0 fully saturated rings. The van der Waals surface area contributed by atoms with Crippen molar-refractivity contribution in [2.24, 2.45) is 5.92 Å². The van der Waals surface area contributed by atoms with E-state index >= 15 is 0 Å². The van der Waals surface area contributed by atoms with Gasteiger partial charge in [0.2, 0.25) is 6.41 Å². The number of nitrogens with one attached hydrogen (secondary N) is 1. The van der Waals surface area contributed by atoms with Crippen LogP contribution >= 0.6 is 0 Å². The van der Waals surface area contributed by atoms with Gasteiger partial charge >= 0.3 is 0 Å². The lowest BCUT2D eigenvalue weighted by atomic mass is 9.94. The van der Waals surface area contributed by atoms with Crippen molar-refractivity contribution in [3.8, 4) is 0 Å². The number of rotatable bonds is 23. The summed E-state index contributed by atoms with van der Waals surface area (Å²) in [6, 6.07) is 0. The summed E-state index contributed by atoms with van der Waals surface area (Å²) in [7, 11) is 0. The summed E-state index contributed by atoms with van der Waals surface area (Å²) in [6.07, 6.45) is 15.5. The van der Waals surface area contributed by atoms with E-state index in [4.69, 9.17) is 4.74 Å². The molecule has 1 amide bonds. The van der Waals surface area contributed by atoms with Gasteiger partial charge in [0, 0.05) is 19.5 Å². The highest BCUT2D eigenvalue weighted by Crippen LogP contribution is 2.18. The highest BCUT2D eigenvalue weighted by Gasteiger charge is 2.10. The Kier molecular flexibility index (Phi) is 21.4. The van der Waals surface area contributed by atoms with Gasteiger partial charge in [0.15, 0.2) is 11.7 Å². The van der Waals surface area contributed by atoms with E-state index in [1.807, 2.05) is 5.94 Å². The van der Waals surface area contributed by atoms with Crippen LogP contribution in [0.4, 0.5) is 0 Å². The van der Waals surface area contributed by atoms with Gasteiger partial charge in [-0.1, -0.05) is 59.3 Å². The van der Waals surface area contributed by atoms with Crippen LogP contribution in [-0.4, -0.2) is 50.0 Å². The van der Waals surface area contributed by atoms with Crippen LogP contribution in [0.25, 0.3) is 0 Å². The molecule has 0 radical (unpaired) electrons. The standard InChI is InChI=1S/C25H48N2O3/c1-4-7-9-15-25(22-28)30-21-12-20-27(18-10-8-5-2)19-11-14-24(13-6-3)16-17-26-23-29/h23-24H,4-21H2,1-3H3,(H,26,29). The van der Waals surface area contributed by atoms with Crippen molar-refractivity contribution in [2.45, 2.75) is 104 Å². The lowest BCUT2D eigenvalue weighted by Gasteiger charge is -2.24. The Balaban J connectivity index is 4.27. The minimum atomic E-state index is 0.493. The first-order valence-electron chi connectivity index (χ1n) is 12.5. The summed E-state index contributed by atoms with van der Waals surface area (Å²) in [5.41, 5.74) is 0. The molecule has 0 aromatic rings. The number of carbonyl (C=O) groups is 1. The molecule has 0 bridgehead atoms. The molecule has 0 saturated carbocycles. The third-order valence-corrected chi connectivity index (χ3v) is 5.66. The second kappa shape index (κ2) is 22.4. The van der Waals surface area contributed by atoms with Crippen LogP contribution < -0.4 is 5.32 Å². The van der Waals surface area contributed by atoms with Crippen LogP contribution in [0.1, 0.15) is 104 Å². The Morgan fingerprint density at radius 1 is 0.900 bits per heavy atom. The predicted molar refractivity (Wildman–Crippen MR) is 126 cm³/mol. The molecule has 5 nitrogen and oxygen atoms in total. The number of unbranched alkanes of at least 4 members (excludes halogenated alkanes) is 4. The lowest BCUT2D eigenvalue weighted by molar-refractivity contribution is -0.109. The fourth-order valence-corrected chi connectivity index (χ4v) is 3.88. The summed E-state index contributed by atoms with van der Waals surface area (Å²) < 4.78 is 5.67. The Bertz CT molecular complexity index is 436. The molecule has 176 valence electrons. The monoisotopic (exact) mass is 424 g/mol. The van der Waals surface area contributed by atoms with E-state index in [9.17, 15) is 9.59 Å². The first-order chi connectivity index (χ1) is 14.7. The van der Waals surface area contributed by atoms with Gasteiger partial charge in [-0.05, 0) is 57.5 Å². The van der Waals surface area contributed by atoms with E-state index < -0.39 is 0 Å². The number of hydrogen-bond acceptors (Lipinski definition) is 4. The molecule has 30 heavy (non-hydrogen) atoms. The maximum absolute atomic E-state index is 11.0. The van der Waals surface area contributed by atoms with Crippen molar-refractivity contribution in [1.82, 2.24) is 10.2 Å². The smallest absolute Gasteiger partial charge is 0.207 e. The second-order valence-corrected chi connectivity index (χ2v) is 8.39. The Morgan fingerprint density at radius 3 is 2.27 bits per heavy atom. The van der Waals surface area contributed by atoms with E-state index in [0.717, 1.165) is 71.1 Å². The third kappa shape index (κ3) is 17.5. The third-order valence-electron chi connectivity index (χ3n) is 5.66. The SMILES string of the molecule is CCCCCC(=C=O)OCCCN(CCCCC)CCCC(CCC)CCNC=O. The number of amides is 1. The van der Waals surface area contributed by atoms with E-state index in [1.165, 1.54) is 44.9 Å². The van der Waals surface area contributed by atoms with Gasteiger partial charge in [-0.15, -0.1) is 0 Å². The van der Waals surface area contributed by atoms with Gasteiger partial charge in [0.05, 0.1) is 6.61 Å². The van der Waals surface area contributed by atoms with Crippen LogP contribution in [0.2, 0.25) is 0 Å². The lowest BCUT2D eigenvalue weighted by Crippen LogP contribution is -2.28. The van der Waals surface area contributed by atoms with Gasteiger partial charge in [-0.2, -0.15) is 0 Å². The minimum absolute atomic E-state index is 0.493. The Labute approximate surface area is 186 Å². The van der Waals surface area contributed by atoms with Gasteiger partial charge in [-0.3, -0.25) is 4.79 Å². The molecule has 1 unspecified atom stereocenters. The molecule has 0 rings (SSSR count). The van der Waals surface area contributed by atoms with Crippen LogP contribution in [0.3, 0.4) is 0 Å². The fourth-order valence-electron chi connectivity index (χ4n) is 3.88. The maximum atomic E-state index is 11.0. The van der Waals surface area contributed by atoms with Crippen molar-refractivity contribution in [1.29, 1.82) is 0 Å². The van der Waals surface area contributed by atoms with Crippen molar-refractivity contribution < 1.29 is 14.3 Å². The molecule has 1 N–H and O–H groups in total. The molecule has 0 heterocycles. The first kappa shape index (κ1) is 28.7. The van der Waals surface area contributed by atoms with E-state index in [-0.39, 0.29) is 0 Å². The number of nitrogens with zero attached hydrogens (tertiary/aromatic N) is 1. The van der Waals surface area contributed by atoms with Crippen molar-refractivity contribution in [3.05, 3.63) is 5.76 Å². The van der Waals surface area contributed by atoms with E-state index in [0.29, 0.717) is 18.3 Å². The molecule has 0 aromatic heterocycles. The minimum Gasteiger partial charge on any atom is -0.486 e. The zero-order valence-electron chi connectivity index (χ0n) is 20.1. The number of ether oxygens (including phenoxy) is 1. The summed E-state index contributed by atoms with van der Waals surface area (Å²) in [5.74, 6) is 3.17. The number of allylic oxidation sites excluding steroid dienone is 1. The molecular weight excluding hydrogens is 376 g/mol. The van der Waals surface area contributed by atoms with E-state index in [1.54, 1.807) is 0 Å². The molecule has 5 heteroatoms. The summed E-state index contributed by atoms with van der Waals surface area (Å²) in [4.78, 5) is 24.1. The highest BCUT2D eigenvalue weighted by molar-refractivity contribution is 5.49. The summed E-state index contributed by atoms with van der Waals surface area (Å²) in [6.45, 7) is 11.3. The largest absolute Gasteiger partial charge is 0.486 e. The second-order valence-electron chi connectivity index (χ2n) is 8.39. The molecule has 0 aliphatic rings. The quantitative estimate of drug-likeness (QED) is 0.102. The maximum Gasteiger partial charge on any atom is 0.207 e. The molecular formula is C25H48N2O3. The average molecular weight is 425 g/mol. The van der Waals surface area contributed by atoms with Crippen LogP contribution in [0, 0.1) is 5.92 Å². The molecule has 0 aliphatic heterocycles. The molecule has 0 spiro atoms. The average Bonchev–Trinajstić information content (AvgIpc) is 2.75. The van der Waals surface area contributed by atoms with Crippen molar-refractivity contribution >= 4 is 12.4 Å². The Morgan fingerprint density at radius 2 is 1.60 bits per heavy atom. The van der Waals surface area contributed by atoms with Gasteiger partial charge in [0.1, 0.15) is 0 Å². The predicted octanol–water partition coefficient (Wildman–Crippen LogP) is 5.51. The zero-order valence-corrected chi connectivity index (χ0v) is 20.1. The topological polar surface area (TPSA) is 58.6 Å². The zero-order chi connectivity index (χ0) is 22.3. The van der Waals surface area contributed by atoms with Gasteiger partial charge < -0.3 is 15.0 Å². The van der Waals surface area contributed by atoms with Crippen LogP contribution in [-0.2, 0) is 14.3 Å². The van der Waals surface area contributed by atoms with E-state index in [2.05, 4.69) is 31.0 Å². The summed E-state index contributed by atoms with van der Waals surface area (Å²) >= 11 is 0. The molecule has 0 aromatic carbocycles. The first-order valence-corrected chi connectivity index (χ1v) is 12.5. The highest BCUT2D eigenvalue weighted by atomic mass is 16.5.